The molecule has 1 aromatic rings. The first kappa shape index (κ1) is 13.2. The molecule has 6 nitrogen and oxygen atoms in total. The third-order valence-electron chi connectivity index (χ3n) is 2.98. The number of carbonyl (C=O) groups is 2. The molecule has 0 radical (unpaired) electrons. The number of nitrogens with one attached hydrogen (secondary N) is 1. The molecular weight excluding hydrogens is 248 g/mol. The van der Waals surface area contributed by atoms with E-state index in [2.05, 4.69) is 10.1 Å². The summed E-state index contributed by atoms with van der Waals surface area (Å²) in [4.78, 5) is 25.0. The van der Waals surface area contributed by atoms with Gasteiger partial charge in [0.15, 0.2) is 0 Å². The minimum Gasteiger partial charge on any atom is -0.497 e. The van der Waals surface area contributed by atoms with E-state index in [0.717, 1.165) is 5.69 Å². The highest BCUT2D eigenvalue weighted by molar-refractivity contribution is 5.89. The first-order chi connectivity index (χ1) is 9.13. The number of benzene rings is 1. The van der Waals surface area contributed by atoms with Crippen molar-refractivity contribution < 1.29 is 19.1 Å². The van der Waals surface area contributed by atoms with Gasteiger partial charge in [-0.1, -0.05) is 6.07 Å². The lowest BCUT2D eigenvalue weighted by Crippen LogP contribution is -2.57. The molecule has 1 aliphatic heterocycles. The number of hydrogen-bond acceptors (Lipinski definition) is 5. The molecule has 0 aromatic heterocycles. The summed E-state index contributed by atoms with van der Waals surface area (Å²) in [5.41, 5.74) is 0.836. The van der Waals surface area contributed by atoms with Gasteiger partial charge < -0.3 is 19.7 Å². The molecule has 2 rings (SSSR count). The van der Waals surface area contributed by atoms with Crippen LogP contribution in [0.25, 0.3) is 0 Å². The number of anilines is 1. The zero-order chi connectivity index (χ0) is 13.8. The summed E-state index contributed by atoms with van der Waals surface area (Å²) < 4.78 is 9.81. The number of esters is 1. The maximum absolute atomic E-state index is 11.6. The van der Waals surface area contributed by atoms with Crippen LogP contribution in [0.2, 0.25) is 0 Å². The Morgan fingerprint density at radius 1 is 1.42 bits per heavy atom. The normalized spacial score (nSPS) is 18.7. The number of ether oxygens (including phenoxy) is 2. The van der Waals surface area contributed by atoms with Gasteiger partial charge in [-0.25, -0.2) is 4.79 Å². The van der Waals surface area contributed by atoms with Crippen molar-refractivity contribution in [2.24, 2.45) is 0 Å². The molecule has 1 fully saturated rings. The maximum Gasteiger partial charge on any atom is 0.330 e. The number of methoxy groups -OCH3 is 2. The van der Waals surface area contributed by atoms with Gasteiger partial charge in [-0.3, -0.25) is 4.79 Å². The van der Waals surface area contributed by atoms with E-state index < -0.39 is 12.0 Å². The monoisotopic (exact) mass is 264 g/mol. The first-order valence-corrected chi connectivity index (χ1v) is 5.90. The Balaban J connectivity index is 2.18. The highest BCUT2D eigenvalue weighted by Crippen LogP contribution is 2.22. The molecule has 1 aromatic carbocycles. The number of rotatable bonds is 3. The van der Waals surface area contributed by atoms with Crippen molar-refractivity contribution in [3.63, 3.8) is 0 Å². The summed E-state index contributed by atoms with van der Waals surface area (Å²) in [7, 11) is 2.89. The number of nitrogens with zero attached hydrogens (tertiary/aromatic N) is 1. The van der Waals surface area contributed by atoms with E-state index in [4.69, 9.17) is 4.74 Å². The zero-order valence-electron chi connectivity index (χ0n) is 10.9. The standard InChI is InChI=1S/C13H16N2O4/c1-18-10-5-3-4-9(6-10)15-7-11(13(17)19-2)14-12(16)8-15/h3-6,11H,7-8H2,1-2H3,(H,14,16). The van der Waals surface area contributed by atoms with Crippen LogP contribution in [0.3, 0.4) is 0 Å². The average molecular weight is 264 g/mol. The lowest BCUT2D eigenvalue weighted by molar-refractivity contribution is -0.145. The van der Waals surface area contributed by atoms with Crippen LogP contribution in [0.5, 0.6) is 5.75 Å². The third-order valence-corrected chi connectivity index (χ3v) is 2.98. The molecular formula is C13H16N2O4. The summed E-state index contributed by atoms with van der Waals surface area (Å²) in [6, 6.07) is 6.72. The Kier molecular flexibility index (Phi) is 3.89. The summed E-state index contributed by atoms with van der Waals surface area (Å²) in [5, 5.41) is 2.61. The van der Waals surface area contributed by atoms with Crippen LogP contribution in [-0.2, 0) is 14.3 Å². The lowest BCUT2D eigenvalue weighted by atomic mass is 10.1. The molecule has 1 atom stereocenters. The van der Waals surface area contributed by atoms with E-state index in [1.54, 1.807) is 7.11 Å². The van der Waals surface area contributed by atoms with Crippen LogP contribution >= 0.6 is 0 Å². The van der Waals surface area contributed by atoms with Crippen molar-refractivity contribution in [2.45, 2.75) is 6.04 Å². The van der Waals surface area contributed by atoms with Crippen molar-refractivity contribution in [2.75, 3.05) is 32.2 Å². The number of piperazine rings is 1. The van der Waals surface area contributed by atoms with Gasteiger partial charge in [0.25, 0.3) is 0 Å². The van der Waals surface area contributed by atoms with Gasteiger partial charge in [0.05, 0.1) is 20.8 Å². The van der Waals surface area contributed by atoms with E-state index in [-0.39, 0.29) is 12.5 Å². The predicted molar refractivity (Wildman–Crippen MR) is 69.2 cm³/mol. The Morgan fingerprint density at radius 3 is 2.89 bits per heavy atom. The van der Waals surface area contributed by atoms with Crippen LogP contribution in [0.15, 0.2) is 24.3 Å². The first-order valence-electron chi connectivity index (χ1n) is 5.90. The molecule has 1 heterocycles. The molecule has 1 amide bonds. The van der Waals surface area contributed by atoms with Crippen molar-refractivity contribution in [3.05, 3.63) is 24.3 Å². The van der Waals surface area contributed by atoms with Crippen molar-refractivity contribution >= 4 is 17.6 Å². The fourth-order valence-corrected chi connectivity index (χ4v) is 2.02. The maximum atomic E-state index is 11.6. The largest absolute Gasteiger partial charge is 0.497 e. The van der Waals surface area contributed by atoms with Gasteiger partial charge in [-0.05, 0) is 12.1 Å². The predicted octanol–water partition coefficient (Wildman–Crippen LogP) is 0.173. The highest BCUT2D eigenvalue weighted by atomic mass is 16.5. The van der Waals surface area contributed by atoms with Gasteiger partial charge in [-0.2, -0.15) is 0 Å². The Hall–Kier alpha value is -2.24. The molecule has 1 aliphatic rings. The minimum absolute atomic E-state index is 0.204. The van der Waals surface area contributed by atoms with Crippen LogP contribution in [0.1, 0.15) is 0 Å². The minimum atomic E-state index is -0.641. The van der Waals surface area contributed by atoms with E-state index in [1.165, 1.54) is 7.11 Å². The number of amides is 1. The molecule has 0 spiro atoms. The van der Waals surface area contributed by atoms with Gasteiger partial charge in [0.2, 0.25) is 5.91 Å². The second-order valence-electron chi connectivity index (χ2n) is 4.23. The zero-order valence-corrected chi connectivity index (χ0v) is 10.9. The molecule has 19 heavy (non-hydrogen) atoms. The van der Waals surface area contributed by atoms with Gasteiger partial charge >= 0.3 is 5.97 Å². The molecule has 1 N–H and O–H groups in total. The molecule has 1 unspecified atom stereocenters. The average Bonchev–Trinajstić information content (AvgIpc) is 2.45. The van der Waals surface area contributed by atoms with Gasteiger partial charge in [-0.15, -0.1) is 0 Å². The Bertz CT molecular complexity index is 489. The quantitative estimate of drug-likeness (QED) is 0.788. The van der Waals surface area contributed by atoms with Crippen LogP contribution in [-0.4, -0.2) is 45.2 Å². The van der Waals surface area contributed by atoms with Crippen LogP contribution < -0.4 is 15.0 Å². The Labute approximate surface area is 111 Å². The van der Waals surface area contributed by atoms with E-state index >= 15 is 0 Å². The lowest BCUT2D eigenvalue weighted by Gasteiger charge is -2.33. The third kappa shape index (κ3) is 2.96. The molecule has 0 bridgehead atoms. The van der Waals surface area contributed by atoms with Crippen molar-refractivity contribution in [1.29, 1.82) is 0 Å². The second-order valence-corrected chi connectivity index (χ2v) is 4.23. The van der Waals surface area contributed by atoms with Gasteiger partial charge in [0, 0.05) is 18.3 Å². The summed E-state index contributed by atoms with van der Waals surface area (Å²) in [6.07, 6.45) is 0. The van der Waals surface area contributed by atoms with E-state index in [0.29, 0.717) is 12.3 Å². The molecule has 6 heteroatoms. The number of carbonyl (C=O) groups excluding carboxylic acids is 2. The number of hydrogen-bond donors (Lipinski definition) is 1. The molecule has 102 valence electrons. The van der Waals surface area contributed by atoms with Crippen molar-refractivity contribution in [3.8, 4) is 5.75 Å². The molecule has 1 saturated heterocycles. The summed E-state index contributed by atoms with van der Waals surface area (Å²) in [5.74, 6) is 0.0588. The highest BCUT2D eigenvalue weighted by Gasteiger charge is 2.30. The van der Waals surface area contributed by atoms with Gasteiger partial charge in [0.1, 0.15) is 11.8 Å². The van der Waals surface area contributed by atoms with E-state index in [1.807, 2.05) is 29.2 Å². The topological polar surface area (TPSA) is 67.9 Å². The van der Waals surface area contributed by atoms with Crippen LogP contribution in [0, 0.1) is 0 Å². The fraction of sp³-hybridized carbons (Fsp3) is 0.385. The molecule has 0 saturated carbocycles. The molecule has 0 aliphatic carbocycles. The fourth-order valence-electron chi connectivity index (χ4n) is 2.02. The summed E-state index contributed by atoms with van der Waals surface area (Å²) >= 11 is 0. The second kappa shape index (κ2) is 5.60. The van der Waals surface area contributed by atoms with Crippen LogP contribution in [0.4, 0.5) is 5.69 Å². The van der Waals surface area contributed by atoms with E-state index in [9.17, 15) is 9.59 Å². The Morgan fingerprint density at radius 2 is 2.21 bits per heavy atom. The SMILES string of the molecule is COC(=O)C1CN(c2cccc(OC)c2)CC(=O)N1. The summed E-state index contributed by atoms with van der Waals surface area (Å²) in [6.45, 7) is 0.590. The van der Waals surface area contributed by atoms with Crippen molar-refractivity contribution in [1.82, 2.24) is 5.32 Å². The smallest absolute Gasteiger partial charge is 0.330 e.